The summed E-state index contributed by atoms with van der Waals surface area (Å²) in [4.78, 5) is 14.8. The van der Waals surface area contributed by atoms with Gasteiger partial charge < -0.3 is 14.9 Å². The zero-order valence-corrected chi connectivity index (χ0v) is 10.5. The first-order valence-electron chi connectivity index (χ1n) is 5.89. The Kier molecular flexibility index (Phi) is 3.66. The number of para-hydroxylation sites is 1. The van der Waals surface area contributed by atoms with Crippen molar-refractivity contribution in [2.45, 2.75) is 18.9 Å². The molecule has 5 heteroatoms. The number of rotatable bonds is 5. The van der Waals surface area contributed by atoms with Gasteiger partial charge in [0, 0.05) is 11.6 Å². The van der Waals surface area contributed by atoms with Gasteiger partial charge >= 0.3 is 5.97 Å². The maximum absolute atomic E-state index is 10.6. The summed E-state index contributed by atoms with van der Waals surface area (Å²) in [5.74, 6) is -0.534. The van der Waals surface area contributed by atoms with E-state index in [1.165, 1.54) is 6.92 Å². The number of hydrogen-bond donors (Lipinski definition) is 2. The second-order valence-electron chi connectivity index (χ2n) is 4.69. The molecule has 1 heterocycles. The molecule has 0 saturated heterocycles. The van der Waals surface area contributed by atoms with Gasteiger partial charge in [-0.3, -0.25) is 9.78 Å². The molecule has 0 saturated carbocycles. The van der Waals surface area contributed by atoms with Crippen molar-refractivity contribution >= 4 is 16.9 Å². The van der Waals surface area contributed by atoms with Gasteiger partial charge in [-0.2, -0.15) is 0 Å². The Hall–Kier alpha value is -2.14. The van der Waals surface area contributed by atoms with Crippen LogP contribution < -0.4 is 4.74 Å². The first-order valence-corrected chi connectivity index (χ1v) is 5.89. The number of carbonyl (C=O) groups is 1. The summed E-state index contributed by atoms with van der Waals surface area (Å²) in [5.41, 5.74) is -0.723. The fraction of sp³-hybridized carbons (Fsp3) is 0.286. The Morgan fingerprint density at radius 3 is 2.84 bits per heavy atom. The predicted octanol–water partition coefficient (Wildman–Crippen LogP) is 1.84. The van der Waals surface area contributed by atoms with E-state index in [4.69, 9.17) is 9.84 Å². The van der Waals surface area contributed by atoms with Gasteiger partial charge in [-0.1, -0.05) is 18.2 Å². The van der Waals surface area contributed by atoms with E-state index < -0.39 is 11.6 Å². The summed E-state index contributed by atoms with van der Waals surface area (Å²) in [7, 11) is 0. The highest BCUT2D eigenvalue weighted by atomic mass is 16.5. The summed E-state index contributed by atoms with van der Waals surface area (Å²) in [6.07, 6.45) is 1.29. The molecule has 0 aliphatic rings. The van der Waals surface area contributed by atoms with Crippen molar-refractivity contribution in [1.82, 2.24) is 4.98 Å². The molecule has 2 rings (SSSR count). The van der Waals surface area contributed by atoms with Crippen LogP contribution in [0.4, 0.5) is 0 Å². The first-order chi connectivity index (χ1) is 8.98. The molecule has 0 amide bonds. The van der Waals surface area contributed by atoms with Crippen molar-refractivity contribution < 1.29 is 19.7 Å². The van der Waals surface area contributed by atoms with Gasteiger partial charge in [-0.15, -0.1) is 0 Å². The number of benzene rings is 1. The Balaban J connectivity index is 2.16. The Labute approximate surface area is 110 Å². The predicted molar refractivity (Wildman–Crippen MR) is 70.1 cm³/mol. The summed E-state index contributed by atoms with van der Waals surface area (Å²) in [5, 5.41) is 19.5. The van der Waals surface area contributed by atoms with E-state index in [-0.39, 0.29) is 13.0 Å². The maximum Gasteiger partial charge on any atom is 0.306 e. The molecule has 1 atom stereocenters. The normalized spacial score (nSPS) is 14.0. The Morgan fingerprint density at radius 1 is 1.37 bits per heavy atom. The molecule has 19 heavy (non-hydrogen) atoms. The third-order valence-electron chi connectivity index (χ3n) is 2.67. The molecule has 0 fully saturated rings. The average Bonchev–Trinajstić information content (AvgIpc) is 2.35. The molecular formula is C14H15NO4. The minimum Gasteiger partial charge on any atom is -0.488 e. The number of fused-ring (bicyclic) bond motifs is 1. The molecule has 2 N–H and O–H groups in total. The first kappa shape index (κ1) is 13.3. The van der Waals surface area contributed by atoms with Gasteiger partial charge in [0.15, 0.2) is 0 Å². The number of ether oxygens (including phenoxy) is 1. The van der Waals surface area contributed by atoms with Crippen molar-refractivity contribution in [1.29, 1.82) is 0 Å². The lowest BCUT2D eigenvalue weighted by Crippen LogP contribution is -2.34. The molecule has 0 bridgehead atoms. The van der Waals surface area contributed by atoms with Crippen LogP contribution in [0.3, 0.4) is 0 Å². The third kappa shape index (κ3) is 3.42. The minimum atomic E-state index is -1.41. The number of aliphatic carboxylic acids is 1. The fourth-order valence-electron chi connectivity index (χ4n) is 1.80. The molecule has 100 valence electrons. The van der Waals surface area contributed by atoms with E-state index in [0.29, 0.717) is 11.3 Å². The Bertz CT molecular complexity index is 590. The quantitative estimate of drug-likeness (QED) is 0.858. The topological polar surface area (TPSA) is 79.7 Å². The molecule has 5 nitrogen and oxygen atoms in total. The lowest BCUT2D eigenvalue weighted by molar-refractivity contribution is -0.143. The zero-order valence-electron chi connectivity index (χ0n) is 10.5. The van der Waals surface area contributed by atoms with E-state index in [1.54, 1.807) is 12.3 Å². The highest BCUT2D eigenvalue weighted by Crippen LogP contribution is 2.24. The SMILES string of the molecule is CC(O)(COc1cccc2cccnc12)CC(=O)O. The molecule has 0 spiro atoms. The molecule has 0 radical (unpaired) electrons. The summed E-state index contributed by atoms with van der Waals surface area (Å²) in [6, 6.07) is 9.21. The van der Waals surface area contributed by atoms with Crippen LogP contribution >= 0.6 is 0 Å². The maximum atomic E-state index is 10.6. The molecule has 1 unspecified atom stereocenters. The monoisotopic (exact) mass is 261 g/mol. The second kappa shape index (κ2) is 5.24. The Morgan fingerprint density at radius 2 is 2.11 bits per heavy atom. The molecule has 0 aliphatic heterocycles. The standard InChI is InChI=1S/C14H15NO4/c1-14(18,8-12(16)17)9-19-11-6-2-4-10-5-3-7-15-13(10)11/h2-7,18H,8-9H2,1H3,(H,16,17). The van der Waals surface area contributed by atoms with E-state index in [0.717, 1.165) is 5.39 Å². The van der Waals surface area contributed by atoms with Gasteiger partial charge in [-0.05, 0) is 19.1 Å². The van der Waals surface area contributed by atoms with Crippen molar-refractivity contribution in [3.8, 4) is 5.75 Å². The minimum absolute atomic E-state index is 0.102. The number of hydrogen-bond acceptors (Lipinski definition) is 4. The van der Waals surface area contributed by atoms with Crippen LogP contribution in [-0.2, 0) is 4.79 Å². The lowest BCUT2D eigenvalue weighted by Gasteiger charge is -2.21. The average molecular weight is 261 g/mol. The number of carboxylic acid groups (broad SMARTS) is 1. The largest absolute Gasteiger partial charge is 0.488 e. The van der Waals surface area contributed by atoms with Crippen LogP contribution in [0.2, 0.25) is 0 Å². The van der Waals surface area contributed by atoms with Crippen LogP contribution in [0, 0.1) is 0 Å². The molecule has 2 aromatic rings. The number of aliphatic hydroxyl groups is 1. The van der Waals surface area contributed by atoms with E-state index in [1.807, 2.05) is 24.3 Å². The highest BCUT2D eigenvalue weighted by Gasteiger charge is 2.25. The number of pyridine rings is 1. The van der Waals surface area contributed by atoms with Crippen LogP contribution in [0.5, 0.6) is 5.75 Å². The van der Waals surface area contributed by atoms with Gasteiger partial charge in [0.25, 0.3) is 0 Å². The summed E-state index contributed by atoms with van der Waals surface area (Å²) in [6.45, 7) is 1.33. The summed E-state index contributed by atoms with van der Waals surface area (Å²) >= 11 is 0. The number of nitrogens with zero attached hydrogens (tertiary/aromatic N) is 1. The fourth-order valence-corrected chi connectivity index (χ4v) is 1.80. The van der Waals surface area contributed by atoms with Crippen molar-refractivity contribution in [2.75, 3.05) is 6.61 Å². The van der Waals surface area contributed by atoms with Crippen LogP contribution in [-0.4, -0.2) is 33.4 Å². The molecule has 0 aliphatic carbocycles. The highest BCUT2D eigenvalue weighted by molar-refractivity contribution is 5.84. The van der Waals surface area contributed by atoms with Crippen LogP contribution in [0.15, 0.2) is 36.5 Å². The van der Waals surface area contributed by atoms with Gasteiger partial charge in [0.1, 0.15) is 23.5 Å². The lowest BCUT2D eigenvalue weighted by atomic mass is 10.0. The van der Waals surface area contributed by atoms with Crippen LogP contribution in [0.25, 0.3) is 10.9 Å². The van der Waals surface area contributed by atoms with Gasteiger partial charge in [0.2, 0.25) is 0 Å². The molecule has 1 aromatic carbocycles. The number of aromatic nitrogens is 1. The third-order valence-corrected chi connectivity index (χ3v) is 2.67. The van der Waals surface area contributed by atoms with E-state index >= 15 is 0 Å². The van der Waals surface area contributed by atoms with E-state index in [2.05, 4.69) is 4.98 Å². The van der Waals surface area contributed by atoms with Crippen molar-refractivity contribution in [3.63, 3.8) is 0 Å². The number of carboxylic acids is 1. The zero-order chi connectivity index (χ0) is 13.9. The molecule has 1 aromatic heterocycles. The smallest absolute Gasteiger partial charge is 0.306 e. The van der Waals surface area contributed by atoms with Gasteiger partial charge in [-0.25, -0.2) is 0 Å². The molecular weight excluding hydrogens is 246 g/mol. The second-order valence-corrected chi connectivity index (χ2v) is 4.69. The van der Waals surface area contributed by atoms with Crippen molar-refractivity contribution in [2.24, 2.45) is 0 Å². The van der Waals surface area contributed by atoms with Gasteiger partial charge in [0.05, 0.1) is 6.42 Å². The van der Waals surface area contributed by atoms with Crippen molar-refractivity contribution in [3.05, 3.63) is 36.5 Å². The van der Waals surface area contributed by atoms with E-state index in [9.17, 15) is 9.90 Å². The van der Waals surface area contributed by atoms with Crippen LogP contribution in [0.1, 0.15) is 13.3 Å². The summed E-state index contributed by atoms with van der Waals surface area (Å²) < 4.78 is 5.51.